The van der Waals surface area contributed by atoms with Crippen molar-refractivity contribution in [3.8, 4) is 5.75 Å². The Kier molecular flexibility index (Phi) is 13.6. The number of esters is 1. The number of ether oxygens (including phenoxy) is 2. The maximum Gasteiger partial charge on any atom is 0.325 e. The van der Waals surface area contributed by atoms with Crippen molar-refractivity contribution in [2.45, 2.75) is 68.2 Å². The first-order valence-corrected chi connectivity index (χ1v) is 19.5. The van der Waals surface area contributed by atoms with Crippen LogP contribution in [0.3, 0.4) is 0 Å². The van der Waals surface area contributed by atoms with Crippen molar-refractivity contribution in [2.24, 2.45) is 5.41 Å². The molecular formula is C37H47N3O7S2. The summed E-state index contributed by atoms with van der Waals surface area (Å²) in [7, 11) is -2.56. The molecule has 4 rings (SSSR count). The van der Waals surface area contributed by atoms with Gasteiger partial charge in [0.2, 0.25) is 5.91 Å². The minimum atomic E-state index is -3.78. The molecule has 0 saturated carbocycles. The lowest BCUT2D eigenvalue weighted by Crippen LogP contribution is -2.43. The van der Waals surface area contributed by atoms with E-state index in [4.69, 9.17) is 4.74 Å². The van der Waals surface area contributed by atoms with Crippen molar-refractivity contribution in [3.63, 3.8) is 0 Å². The molecule has 1 atom stereocenters. The highest BCUT2D eigenvalue weighted by atomic mass is 32.2. The van der Waals surface area contributed by atoms with Crippen LogP contribution >= 0.6 is 11.8 Å². The number of hydrogen-bond acceptors (Lipinski definition) is 9. The second-order valence-corrected chi connectivity index (χ2v) is 15.2. The van der Waals surface area contributed by atoms with Crippen LogP contribution in [-0.4, -0.2) is 65.0 Å². The summed E-state index contributed by atoms with van der Waals surface area (Å²) < 4.78 is 39.4. The van der Waals surface area contributed by atoms with Crippen molar-refractivity contribution in [1.29, 1.82) is 0 Å². The maximum absolute atomic E-state index is 14.4. The number of thioether (sulfide) groups is 1. The zero-order valence-electron chi connectivity index (χ0n) is 28.7. The zero-order valence-corrected chi connectivity index (χ0v) is 30.3. The van der Waals surface area contributed by atoms with Gasteiger partial charge < -0.3 is 25.0 Å². The standard InChI is InChI=1S/C37H47N3O7S2/c1-5-7-19-37(20-8-6-2)25-40(28-17-13-10-14-18-28)29-21-31(48-4)30(22-32(29)49(44,45)26-37)47-24-33(41)39-35(27-15-11-9-12-16-27)36(43)38-23-34(42)46-3/h9-18,21-22,35H,5-8,19-20,23-26H2,1-4H3,(H,38,43)(H,39,41)/t35-/m0/s1. The van der Waals surface area contributed by atoms with Crippen LogP contribution in [-0.2, 0) is 29.0 Å². The largest absolute Gasteiger partial charge is 0.483 e. The number of hydrogen-bond donors (Lipinski definition) is 2. The Bertz CT molecular complexity index is 1680. The van der Waals surface area contributed by atoms with Gasteiger partial charge in [0.05, 0.1) is 28.3 Å². The number of benzene rings is 3. The summed E-state index contributed by atoms with van der Waals surface area (Å²) >= 11 is 1.39. The lowest BCUT2D eigenvalue weighted by atomic mass is 9.79. The smallest absolute Gasteiger partial charge is 0.325 e. The Morgan fingerprint density at radius 2 is 1.59 bits per heavy atom. The quantitative estimate of drug-likeness (QED) is 0.131. The van der Waals surface area contributed by atoms with E-state index in [0.717, 1.165) is 44.2 Å². The summed E-state index contributed by atoms with van der Waals surface area (Å²) in [6.07, 6.45) is 7.28. The maximum atomic E-state index is 14.4. The van der Waals surface area contributed by atoms with E-state index in [0.29, 0.717) is 22.7 Å². The fourth-order valence-corrected chi connectivity index (χ4v) is 8.87. The Balaban J connectivity index is 1.67. The van der Waals surface area contributed by atoms with Crippen LogP contribution in [0.25, 0.3) is 0 Å². The summed E-state index contributed by atoms with van der Waals surface area (Å²) in [5, 5.41) is 5.17. The number of anilines is 2. The van der Waals surface area contributed by atoms with E-state index in [1.54, 1.807) is 36.4 Å². The number of amides is 2. The second-order valence-electron chi connectivity index (χ2n) is 12.4. The monoisotopic (exact) mass is 709 g/mol. The number of nitrogens with zero attached hydrogens (tertiary/aromatic N) is 1. The summed E-state index contributed by atoms with van der Waals surface area (Å²) in [5.74, 6) is -1.54. The Morgan fingerprint density at radius 3 is 2.18 bits per heavy atom. The predicted molar refractivity (Wildman–Crippen MR) is 193 cm³/mol. The molecule has 264 valence electrons. The minimum absolute atomic E-state index is 0.0221. The first-order chi connectivity index (χ1) is 23.6. The molecule has 0 saturated heterocycles. The van der Waals surface area contributed by atoms with E-state index in [2.05, 4.69) is 34.1 Å². The fraction of sp³-hybridized carbons (Fsp3) is 0.432. The van der Waals surface area contributed by atoms with Crippen molar-refractivity contribution in [3.05, 3.63) is 78.4 Å². The Morgan fingerprint density at radius 1 is 0.959 bits per heavy atom. The number of methoxy groups -OCH3 is 1. The van der Waals surface area contributed by atoms with E-state index >= 15 is 0 Å². The van der Waals surface area contributed by atoms with E-state index in [-0.39, 0.29) is 22.9 Å². The number of carbonyl (C=O) groups excluding carboxylic acids is 3. The third-order valence-electron chi connectivity index (χ3n) is 8.74. The number of carbonyl (C=O) groups is 3. The van der Waals surface area contributed by atoms with Crippen LogP contribution in [0.1, 0.15) is 64.0 Å². The van der Waals surface area contributed by atoms with Crippen LogP contribution in [0.15, 0.2) is 82.6 Å². The van der Waals surface area contributed by atoms with Gasteiger partial charge in [0.1, 0.15) is 18.3 Å². The minimum Gasteiger partial charge on any atom is -0.483 e. The molecule has 2 amide bonds. The van der Waals surface area contributed by atoms with Crippen LogP contribution in [0, 0.1) is 5.41 Å². The zero-order chi connectivity index (χ0) is 35.4. The van der Waals surface area contributed by atoms with Gasteiger partial charge in [-0.3, -0.25) is 14.4 Å². The summed E-state index contributed by atoms with van der Waals surface area (Å²) in [6.45, 7) is 4.00. The van der Waals surface area contributed by atoms with Gasteiger partial charge in [0.15, 0.2) is 16.4 Å². The molecular weight excluding hydrogens is 663 g/mol. The average molecular weight is 710 g/mol. The first kappa shape index (κ1) is 37.8. The highest BCUT2D eigenvalue weighted by molar-refractivity contribution is 7.98. The fourth-order valence-electron chi connectivity index (χ4n) is 6.20. The third-order valence-corrected chi connectivity index (χ3v) is 11.5. The van der Waals surface area contributed by atoms with Gasteiger partial charge in [0.25, 0.3) is 5.91 Å². The first-order valence-electron chi connectivity index (χ1n) is 16.7. The highest BCUT2D eigenvalue weighted by Gasteiger charge is 2.42. The third kappa shape index (κ3) is 9.78. The van der Waals surface area contributed by atoms with E-state index in [1.807, 2.05) is 42.7 Å². The molecule has 3 aromatic carbocycles. The van der Waals surface area contributed by atoms with Crippen LogP contribution < -0.4 is 20.3 Å². The molecule has 0 radical (unpaired) electrons. The molecule has 12 heteroatoms. The van der Waals surface area contributed by atoms with Crippen LogP contribution in [0.4, 0.5) is 11.4 Å². The summed E-state index contributed by atoms with van der Waals surface area (Å²) in [4.78, 5) is 40.9. The van der Waals surface area contributed by atoms with E-state index < -0.39 is 45.7 Å². The molecule has 2 N–H and O–H groups in total. The van der Waals surface area contributed by atoms with Gasteiger partial charge in [-0.2, -0.15) is 0 Å². The normalized spacial score (nSPS) is 15.3. The van der Waals surface area contributed by atoms with Crippen LogP contribution in [0.5, 0.6) is 5.75 Å². The number of nitrogens with one attached hydrogen (secondary N) is 2. The van der Waals surface area contributed by atoms with Crippen molar-refractivity contribution < 1.29 is 32.3 Å². The van der Waals surface area contributed by atoms with Gasteiger partial charge in [0, 0.05) is 23.7 Å². The van der Waals surface area contributed by atoms with Gasteiger partial charge in [-0.25, -0.2) is 8.42 Å². The lowest BCUT2D eigenvalue weighted by Gasteiger charge is -2.37. The highest BCUT2D eigenvalue weighted by Crippen LogP contribution is 2.47. The van der Waals surface area contributed by atoms with Crippen molar-refractivity contribution >= 4 is 50.8 Å². The molecule has 0 unspecified atom stereocenters. The van der Waals surface area contributed by atoms with E-state index in [1.165, 1.54) is 18.9 Å². The topological polar surface area (TPSA) is 131 Å². The van der Waals surface area contributed by atoms with Crippen molar-refractivity contribution in [1.82, 2.24) is 10.6 Å². The molecule has 1 aliphatic rings. The molecule has 1 heterocycles. The predicted octanol–water partition coefficient (Wildman–Crippen LogP) is 6.23. The lowest BCUT2D eigenvalue weighted by molar-refractivity contribution is -0.141. The molecule has 0 aliphatic carbocycles. The molecule has 10 nitrogen and oxygen atoms in total. The number of unbranched alkanes of at least 4 members (excludes halogenated alkanes) is 2. The SMILES string of the molecule is CCCCC1(CCCC)CN(c2ccccc2)c2cc(SC)c(OCC(=O)N[C@H](C(=O)NCC(=O)OC)c3ccccc3)cc2S(=O)(=O)C1. The molecule has 49 heavy (non-hydrogen) atoms. The number of fused-ring (bicyclic) bond motifs is 1. The summed E-state index contributed by atoms with van der Waals surface area (Å²) in [6, 6.07) is 20.8. The van der Waals surface area contributed by atoms with Crippen molar-refractivity contribution in [2.75, 3.05) is 43.7 Å². The van der Waals surface area contributed by atoms with Gasteiger partial charge in [-0.15, -0.1) is 11.8 Å². The van der Waals surface area contributed by atoms with E-state index in [9.17, 15) is 22.8 Å². The Labute approximate surface area is 294 Å². The number of sulfone groups is 1. The van der Waals surface area contributed by atoms with Crippen LogP contribution in [0.2, 0.25) is 0 Å². The number of rotatable bonds is 16. The second kappa shape index (κ2) is 17.6. The Hall–Kier alpha value is -4.03. The van der Waals surface area contributed by atoms with Gasteiger partial charge in [-0.1, -0.05) is 88.1 Å². The molecule has 0 aromatic heterocycles. The van der Waals surface area contributed by atoms with Gasteiger partial charge >= 0.3 is 5.97 Å². The van der Waals surface area contributed by atoms with Gasteiger partial charge in [-0.05, 0) is 42.9 Å². The summed E-state index contributed by atoms with van der Waals surface area (Å²) in [5.41, 5.74) is 1.57. The molecule has 3 aromatic rings. The molecule has 0 bridgehead atoms. The molecule has 0 fully saturated rings. The number of para-hydroxylation sites is 1. The molecule has 1 aliphatic heterocycles. The average Bonchev–Trinajstić information content (AvgIpc) is 3.21. The molecule has 0 spiro atoms.